The summed E-state index contributed by atoms with van der Waals surface area (Å²) in [4.78, 5) is 10.2. The number of nitrogens with zero attached hydrogens (tertiary/aromatic N) is 1. The van der Waals surface area contributed by atoms with Gasteiger partial charge in [-0.25, -0.2) is 13.3 Å². The van der Waals surface area contributed by atoms with Crippen molar-refractivity contribution in [1.29, 1.82) is 0 Å². The molecule has 0 aliphatic rings. The fourth-order valence-electron chi connectivity index (χ4n) is 1.36. The van der Waals surface area contributed by atoms with Gasteiger partial charge in [0.05, 0.1) is 15.7 Å². The van der Waals surface area contributed by atoms with Crippen LogP contribution in [0.5, 0.6) is 0 Å². The first-order valence-electron chi connectivity index (χ1n) is 5.75. The molecule has 0 aromatic heterocycles. The molecule has 106 valence electrons. The first-order chi connectivity index (χ1) is 8.70. The summed E-state index contributed by atoms with van der Waals surface area (Å²) in [5.41, 5.74) is 0.538. The smallest absolute Gasteiger partial charge is 0.224 e. The quantitative estimate of drug-likeness (QED) is 0.667. The van der Waals surface area contributed by atoms with Gasteiger partial charge < -0.3 is 0 Å². The first kappa shape index (κ1) is 15.7. The van der Waals surface area contributed by atoms with E-state index in [9.17, 15) is 18.7 Å². The minimum absolute atomic E-state index is 0.409. The molecule has 0 saturated heterocycles. The van der Waals surface area contributed by atoms with Crippen LogP contribution >= 0.6 is 0 Å². The topological polar surface area (TPSA) is 72.2 Å². The van der Waals surface area contributed by atoms with Gasteiger partial charge in [-0.1, -0.05) is 12.1 Å². The molecule has 0 aliphatic heterocycles. The molecule has 0 amide bonds. The van der Waals surface area contributed by atoms with Gasteiger partial charge in [0.25, 0.3) is 0 Å². The molecule has 19 heavy (non-hydrogen) atoms. The first-order valence-corrected chi connectivity index (χ1v) is 6.90. The Bertz CT molecular complexity index is 471. The second kappa shape index (κ2) is 6.21. The maximum Gasteiger partial charge on any atom is 0.224 e. The van der Waals surface area contributed by atoms with Gasteiger partial charge in [-0.2, -0.15) is 0 Å². The zero-order chi connectivity index (χ0) is 14.6. The molecule has 0 spiro atoms. The van der Waals surface area contributed by atoms with Gasteiger partial charge in [0.1, 0.15) is 11.9 Å². The summed E-state index contributed by atoms with van der Waals surface area (Å²) in [7, 11) is -1.44. The Labute approximate surface area is 113 Å². The third kappa shape index (κ3) is 5.04. The second-order valence-electron chi connectivity index (χ2n) is 5.12. The lowest BCUT2D eigenvalue weighted by Crippen LogP contribution is -2.38. The van der Waals surface area contributed by atoms with E-state index in [1.54, 1.807) is 20.8 Å². The van der Waals surface area contributed by atoms with Gasteiger partial charge in [0, 0.05) is 4.92 Å². The Balaban J connectivity index is 2.92. The van der Waals surface area contributed by atoms with Crippen LogP contribution in [0, 0.1) is 15.9 Å². The third-order valence-electron chi connectivity index (χ3n) is 2.41. The molecule has 5 nitrogen and oxygen atoms in total. The van der Waals surface area contributed by atoms with E-state index in [-0.39, 0.29) is 0 Å². The molecular formula is C12H17FN2O3S. The van der Waals surface area contributed by atoms with E-state index in [0.717, 1.165) is 0 Å². The van der Waals surface area contributed by atoms with Gasteiger partial charge in [-0.3, -0.25) is 10.1 Å². The molecule has 0 aliphatic carbocycles. The SMILES string of the molecule is CC(C)(C)[S@@](=O)N[C@H](C[N+](=O)[O-])c1ccc(F)cc1. The summed E-state index contributed by atoms with van der Waals surface area (Å²) in [5.74, 6) is -0.416. The summed E-state index contributed by atoms with van der Waals surface area (Å²) < 4.78 is 27.0. The molecule has 0 saturated carbocycles. The van der Waals surface area contributed by atoms with Gasteiger partial charge in [0.15, 0.2) is 0 Å². The Kier molecular flexibility index (Phi) is 5.13. The van der Waals surface area contributed by atoms with Crippen molar-refractivity contribution in [2.75, 3.05) is 6.54 Å². The van der Waals surface area contributed by atoms with E-state index in [1.807, 2.05) is 0 Å². The molecule has 1 rings (SSSR count). The molecule has 1 aromatic carbocycles. The van der Waals surface area contributed by atoms with Crippen LogP contribution in [0.1, 0.15) is 32.4 Å². The lowest BCUT2D eigenvalue weighted by Gasteiger charge is -2.22. The fourth-order valence-corrected chi connectivity index (χ4v) is 2.18. The predicted molar refractivity (Wildman–Crippen MR) is 72.0 cm³/mol. The highest BCUT2D eigenvalue weighted by Crippen LogP contribution is 2.18. The van der Waals surface area contributed by atoms with Crippen molar-refractivity contribution in [3.63, 3.8) is 0 Å². The molecule has 7 heteroatoms. The summed E-state index contributed by atoms with van der Waals surface area (Å²) in [6, 6.07) is 4.65. The summed E-state index contributed by atoms with van der Waals surface area (Å²) >= 11 is 0. The number of hydrogen-bond donors (Lipinski definition) is 1. The molecule has 0 radical (unpaired) electrons. The molecule has 0 fully saturated rings. The van der Waals surface area contributed by atoms with E-state index in [1.165, 1.54) is 24.3 Å². The standard InChI is InChI=1S/C12H17FN2O3S/c1-12(2,3)19(18)14-11(8-15(16)17)9-4-6-10(13)7-5-9/h4-7,11,14H,8H2,1-3H3/t11-,19-/m1/s1. The van der Waals surface area contributed by atoms with Crippen LogP contribution in [-0.4, -0.2) is 20.4 Å². The second-order valence-corrected chi connectivity index (χ2v) is 7.12. The van der Waals surface area contributed by atoms with Crippen molar-refractivity contribution in [3.05, 3.63) is 45.8 Å². The average Bonchev–Trinajstić information content (AvgIpc) is 2.27. The number of nitrogens with one attached hydrogen (secondary N) is 1. The molecule has 0 bridgehead atoms. The van der Waals surface area contributed by atoms with Crippen molar-refractivity contribution >= 4 is 11.0 Å². The zero-order valence-corrected chi connectivity index (χ0v) is 11.9. The van der Waals surface area contributed by atoms with Gasteiger partial charge in [0.2, 0.25) is 6.54 Å². The minimum atomic E-state index is -1.44. The van der Waals surface area contributed by atoms with Crippen molar-refractivity contribution < 1.29 is 13.5 Å². The average molecular weight is 288 g/mol. The maximum absolute atomic E-state index is 12.9. The van der Waals surface area contributed by atoms with Crippen LogP contribution in [0.2, 0.25) is 0 Å². The van der Waals surface area contributed by atoms with Crippen LogP contribution in [0.3, 0.4) is 0 Å². The Morgan fingerprint density at radius 2 is 1.89 bits per heavy atom. The predicted octanol–water partition coefficient (Wildman–Crippen LogP) is 2.20. The minimum Gasteiger partial charge on any atom is -0.264 e. The molecule has 1 aromatic rings. The maximum atomic E-state index is 12.9. The number of rotatable bonds is 5. The highest BCUT2D eigenvalue weighted by molar-refractivity contribution is 7.84. The highest BCUT2D eigenvalue weighted by Gasteiger charge is 2.26. The summed E-state index contributed by atoms with van der Waals surface area (Å²) in [5, 5.41) is 10.7. The van der Waals surface area contributed by atoms with Crippen molar-refractivity contribution in [2.24, 2.45) is 0 Å². The summed E-state index contributed by atoms with van der Waals surface area (Å²) in [6.45, 7) is 4.89. The van der Waals surface area contributed by atoms with E-state index < -0.39 is 39.1 Å². The normalized spacial score (nSPS) is 14.9. The van der Waals surface area contributed by atoms with E-state index >= 15 is 0 Å². The molecule has 0 unspecified atom stereocenters. The molecule has 0 heterocycles. The van der Waals surface area contributed by atoms with Gasteiger partial charge in [-0.05, 0) is 38.5 Å². The number of benzene rings is 1. The number of hydrogen-bond acceptors (Lipinski definition) is 3. The van der Waals surface area contributed by atoms with Crippen LogP contribution in [0.4, 0.5) is 4.39 Å². The fraction of sp³-hybridized carbons (Fsp3) is 0.500. The largest absolute Gasteiger partial charge is 0.264 e. The van der Waals surface area contributed by atoms with Crippen LogP contribution < -0.4 is 4.72 Å². The third-order valence-corrected chi connectivity index (χ3v) is 4.02. The molecule has 1 N–H and O–H groups in total. The van der Waals surface area contributed by atoms with Crippen LogP contribution in [-0.2, 0) is 11.0 Å². The van der Waals surface area contributed by atoms with E-state index in [0.29, 0.717) is 5.56 Å². The zero-order valence-electron chi connectivity index (χ0n) is 11.1. The Morgan fingerprint density at radius 3 is 2.32 bits per heavy atom. The van der Waals surface area contributed by atoms with E-state index in [4.69, 9.17) is 0 Å². The number of halogens is 1. The van der Waals surface area contributed by atoms with Crippen molar-refractivity contribution in [2.45, 2.75) is 31.6 Å². The number of nitro groups is 1. The van der Waals surface area contributed by atoms with Crippen LogP contribution in [0.15, 0.2) is 24.3 Å². The summed E-state index contributed by atoms with van der Waals surface area (Å²) in [6.07, 6.45) is 0. The van der Waals surface area contributed by atoms with Crippen LogP contribution in [0.25, 0.3) is 0 Å². The lowest BCUT2D eigenvalue weighted by atomic mass is 10.1. The van der Waals surface area contributed by atoms with E-state index in [2.05, 4.69) is 4.72 Å². The van der Waals surface area contributed by atoms with Gasteiger partial charge >= 0.3 is 0 Å². The van der Waals surface area contributed by atoms with Gasteiger partial charge in [-0.15, -0.1) is 0 Å². The monoisotopic (exact) mass is 288 g/mol. The van der Waals surface area contributed by atoms with Crippen molar-refractivity contribution in [1.82, 2.24) is 4.72 Å². The molecule has 2 atom stereocenters. The Morgan fingerprint density at radius 1 is 1.37 bits per heavy atom. The highest BCUT2D eigenvalue weighted by atomic mass is 32.2. The lowest BCUT2D eigenvalue weighted by molar-refractivity contribution is -0.483. The van der Waals surface area contributed by atoms with Crippen molar-refractivity contribution in [3.8, 4) is 0 Å². The molecular weight excluding hydrogens is 271 g/mol. The Hall–Kier alpha value is -1.34.